The van der Waals surface area contributed by atoms with Crippen LogP contribution in [0.1, 0.15) is 29.7 Å². The zero-order valence-corrected chi connectivity index (χ0v) is 12.6. The first-order valence-electron chi connectivity index (χ1n) is 6.69. The van der Waals surface area contributed by atoms with Crippen LogP contribution < -0.4 is 5.32 Å². The van der Waals surface area contributed by atoms with Gasteiger partial charge in [-0.15, -0.1) is 11.8 Å². The zero-order valence-electron chi connectivity index (χ0n) is 11.8. The molecule has 0 fully saturated rings. The summed E-state index contributed by atoms with van der Waals surface area (Å²) >= 11 is 1.80. The predicted octanol–water partition coefficient (Wildman–Crippen LogP) is 4.28. The number of rotatable bonds is 5. The summed E-state index contributed by atoms with van der Waals surface area (Å²) in [5.74, 6) is 0. The number of benzene rings is 2. The van der Waals surface area contributed by atoms with Crippen molar-refractivity contribution in [1.82, 2.24) is 5.32 Å². The molecule has 0 saturated carbocycles. The first-order chi connectivity index (χ1) is 9.30. The molecular weight excluding hydrogens is 250 g/mol. The summed E-state index contributed by atoms with van der Waals surface area (Å²) in [7, 11) is 2.03. The third-order valence-corrected chi connectivity index (χ3v) is 4.24. The standard InChI is InChI=1S/C17H21NS/c1-4-13-8-7-9-14(12-13)17(18-2)15-10-5-6-11-16(15)19-3/h5-12,17-18H,4H2,1-3H3. The molecule has 0 aliphatic heterocycles. The lowest BCUT2D eigenvalue weighted by Crippen LogP contribution is -2.18. The third kappa shape index (κ3) is 3.20. The molecular formula is C17H21NS. The lowest BCUT2D eigenvalue weighted by Gasteiger charge is -2.20. The Kier molecular flexibility index (Phi) is 5.06. The molecule has 0 saturated heterocycles. The van der Waals surface area contributed by atoms with Gasteiger partial charge in [-0.1, -0.05) is 49.4 Å². The summed E-state index contributed by atoms with van der Waals surface area (Å²) < 4.78 is 0. The van der Waals surface area contributed by atoms with Crippen LogP contribution >= 0.6 is 11.8 Å². The van der Waals surface area contributed by atoms with E-state index in [9.17, 15) is 0 Å². The molecule has 0 aliphatic carbocycles. The van der Waals surface area contributed by atoms with Gasteiger partial charge in [0.2, 0.25) is 0 Å². The summed E-state index contributed by atoms with van der Waals surface area (Å²) in [6.07, 6.45) is 3.21. The molecule has 0 aromatic heterocycles. The fourth-order valence-electron chi connectivity index (χ4n) is 2.40. The lowest BCUT2D eigenvalue weighted by molar-refractivity contribution is 0.679. The van der Waals surface area contributed by atoms with Crippen LogP contribution in [0, 0.1) is 0 Å². The molecule has 0 radical (unpaired) electrons. The second-order valence-corrected chi connectivity index (χ2v) is 5.41. The maximum absolute atomic E-state index is 3.45. The van der Waals surface area contributed by atoms with E-state index in [2.05, 4.69) is 67.0 Å². The van der Waals surface area contributed by atoms with Crippen LogP contribution in [0.2, 0.25) is 0 Å². The number of hydrogen-bond acceptors (Lipinski definition) is 2. The Morgan fingerprint density at radius 1 is 1.11 bits per heavy atom. The number of thioether (sulfide) groups is 1. The van der Waals surface area contributed by atoms with Crippen LogP contribution in [0.3, 0.4) is 0 Å². The highest BCUT2D eigenvalue weighted by Gasteiger charge is 2.15. The highest BCUT2D eigenvalue weighted by Crippen LogP contribution is 2.30. The van der Waals surface area contributed by atoms with E-state index >= 15 is 0 Å². The Labute approximate surface area is 120 Å². The summed E-state index contributed by atoms with van der Waals surface area (Å²) in [5, 5.41) is 3.45. The van der Waals surface area contributed by atoms with E-state index in [1.165, 1.54) is 21.6 Å². The van der Waals surface area contributed by atoms with Gasteiger partial charge in [-0.2, -0.15) is 0 Å². The predicted molar refractivity (Wildman–Crippen MR) is 84.9 cm³/mol. The molecule has 0 spiro atoms. The minimum atomic E-state index is 0.259. The van der Waals surface area contributed by atoms with Crippen molar-refractivity contribution in [1.29, 1.82) is 0 Å². The summed E-state index contributed by atoms with van der Waals surface area (Å²) in [6, 6.07) is 17.7. The monoisotopic (exact) mass is 271 g/mol. The van der Waals surface area contributed by atoms with Crippen molar-refractivity contribution < 1.29 is 0 Å². The molecule has 0 bridgehead atoms. The molecule has 1 N–H and O–H groups in total. The van der Waals surface area contributed by atoms with Gasteiger partial charge in [-0.3, -0.25) is 0 Å². The van der Waals surface area contributed by atoms with Crippen molar-refractivity contribution in [3.05, 3.63) is 65.2 Å². The largest absolute Gasteiger partial charge is 0.309 e. The Hall–Kier alpha value is -1.25. The molecule has 2 aromatic rings. The molecule has 1 atom stereocenters. The van der Waals surface area contributed by atoms with Gasteiger partial charge in [0.1, 0.15) is 0 Å². The number of aryl methyl sites for hydroxylation is 1. The van der Waals surface area contributed by atoms with Gasteiger partial charge in [0.15, 0.2) is 0 Å². The molecule has 0 amide bonds. The van der Waals surface area contributed by atoms with Gasteiger partial charge in [-0.25, -0.2) is 0 Å². The first-order valence-corrected chi connectivity index (χ1v) is 7.91. The summed E-state index contributed by atoms with van der Waals surface area (Å²) in [6.45, 7) is 2.20. The highest BCUT2D eigenvalue weighted by molar-refractivity contribution is 7.98. The third-order valence-electron chi connectivity index (χ3n) is 3.43. The molecule has 1 unspecified atom stereocenters. The lowest BCUT2D eigenvalue weighted by atomic mass is 9.96. The van der Waals surface area contributed by atoms with Crippen LogP contribution in [0.15, 0.2) is 53.4 Å². The van der Waals surface area contributed by atoms with Gasteiger partial charge in [0, 0.05) is 4.90 Å². The molecule has 0 heterocycles. The van der Waals surface area contributed by atoms with Crippen molar-refractivity contribution in [2.45, 2.75) is 24.3 Å². The van der Waals surface area contributed by atoms with Gasteiger partial charge in [-0.05, 0) is 42.5 Å². The molecule has 1 nitrogen and oxygen atoms in total. The second-order valence-electron chi connectivity index (χ2n) is 4.56. The second kappa shape index (κ2) is 6.78. The molecule has 19 heavy (non-hydrogen) atoms. The van der Waals surface area contributed by atoms with Crippen molar-refractivity contribution in [2.75, 3.05) is 13.3 Å². The fraction of sp³-hybridized carbons (Fsp3) is 0.294. The number of hydrogen-bond donors (Lipinski definition) is 1. The SMILES string of the molecule is CCc1cccc(C(NC)c2ccccc2SC)c1. The average molecular weight is 271 g/mol. The maximum atomic E-state index is 3.45. The normalized spacial score (nSPS) is 12.4. The summed E-state index contributed by atoms with van der Waals surface area (Å²) in [4.78, 5) is 1.34. The van der Waals surface area contributed by atoms with E-state index in [4.69, 9.17) is 0 Å². The Balaban J connectivity index is 2.43. The van der Waals surface area contributed by atoms with Crippen LogP contribution in [-0.2, 0) is 6.42 Å². The topological polar surface area (TPSA) is 12.0 Å². The van der Waals surface area contributed by atoms with Gasteiger partial charge in [0.25, 0.3) is 0 Å². The Morgan fingerprint density at radius 3 is 2.58 bits per heavy atom. The van der Waals surface area contributed by atoms with Crippen molar-refractivity contribution in [3.8, 4) is 0 Å². The van der Waals surface area contributed by atoms with Crippen LogP contribution in [-0.4, -0.2) is 13.3 Å². The zero-order chi connectivity index (χ0) is 13.7. The van der Waals surface area contributed by atoms with E-state index in [-0.39, 0.29) is 6.04 Å². The quantitative estimate of drug-likeness (QED) is 0.815. The highest BCUT2D eigenvalue weighted by atomic mass is 32.2. The maximum Gasteiger partial charge on any atom is 0.0585 e. The van der Waals surface area contributed by atoms with Crippen molar-refractivity contribution in [3.63, 3.8) is 0 Å². The van der Waals surface area contributed by atoms with E-state index in [1.54, 1.807) is 11.8 Å². The van der Waals surface area contributed by atoms with Crippen LogP contribution in [0.4, 0.5) is 0 Å². The average Bonchev–Trinajstić information content (AvgIpc) is 2.49. The minimum Gasteiger partial charge on any atom is -0.309 e. The van der Waals surface area contributed by atoms with E-state index in [1.807, 2.05) is 7.05 Å². The number of nitrogens with one attached hydrogen (secondary N) is 1. The Bertz CT molecular complexity index is 536. The van der Waals surface area contributed by atoms with E-state index in [0.29, 0.717) is 0 Å². The fourth-order valence-corrected chi connectivity index (χ4v) is 3.04. The minimum absolute atomic E-state index is 0.259. The van der Waals surface area contributed by atoms with E-state index in [0.717, 1.165) is 6.42 Å². The van der Waals surface area contributed by atoms with Crippen LogP contribution in [0.25, 0.3) is 0 Å². The van der Waals surface area contributed by atoms with Crippen LogP contribution in [0.5, 0.6) is 0 Å². The molecule has 2 heteroatoms. The van der Waals surface area contributed by atoms with E-state index < -0.39 is 0 Å². The Morgan fingerprint density at radius 2 is 1.89 bits per heavy atom. The van der Waals surface area contributed by atoms with Crippen molar-refractivity contribution in [2.24, 2.45) is 0 Å². The molecule has 2 aromatic carbocycles. The van der Waals surface area contributed by atoms with Crippen molar-refractivity contribution >= 4 is 11.8 Å². The van der Waals surface area contributed by atoms with Gasteiger partial charge < -0.3 is 5.32 Å². The smallest absolute Gasteiger partial charge is 0.0585 e. The molecule has 0 aliphatic rings. The van der Waals surface area contributed by atoms with Gasteiger partial charge in [0.05, 0.1) is 6.04 Å². The first kappa shape index (κ1) is 14.2. The van der Waals surface area contributed by atoms with Gasteiger partial charge >= 0.3 is 0 Å². The summed E-state index contributed by atoms with van der Waals surface area (Å²) in [5.41, 5.74) is 4.08. The molecule has 100 valence electrons. The molecule has 2 rings (SSSR count).